The first-order chi connectivity index (χ1) is 9.74. The van der Waals surface area contributed by atoms with Crippen LogP contribution >= 0.6 is 11.3 Å². The summed E-state index contributed by atoms with van der Waals surface area (Å²) in [6, 6.07) is 0. The molecule has 0 radical (unpaired) electrons. The van der Waals surface area contributed by atoms with Crippen molar-refractivity contribution in [3.8, 4) is 0 Å². The molecule has 1 aliphatic heterocycles. The highest BCUT2D eigenvalue weighted by Crippen LogP contribution is 2.30. The summed E-state index contributed by atoms with van der Waals surface area (Å²) in [7, 11) is 0. The van der Waals surface area contributed by atoms with Crippen LogP contribution in [0, 0.1) is 5.92 Å². The Hall–Kier alpha value is -0.610. The van der Waals surface area contributed by atoms with Crippen LogP contribution < -0.4 is 10.2 Å². The van der Waals surface area contributed by atoms with Crippen LogP contribution in [0.25, 0.3) is 0 Å². The molecule has 0 spiro atoms. The number of hydrogen-bond acceptors (Lipinski definition) is 4. The molecule has 1 atom stereocenters. The van der Waals surface area contributed by atoms with Crippen LogP contribution in [0.1, 0.15) is 57.0 Å². The van der Waals surface area contributed by atoms with E-state index in [4.69, 9.17) is 4.98 Å². The Labute approximate surface area is 127 Å². The Morgan fingerprint density at radius 2 is 2.15 bits per heavy atom. The third kappa shape index (κ3) is 4.19. The molecule has 1 N–H and O–H groups in total. The zero-order valence-electron chi connectivity index (χ0n) is 13.2. The van der Waals surface area contributed by atoms with E-state index in [1.54, 1.807) is 0 Å². The lowest BCUT2D eigenvalue weighted by atomic mass is 10.0. The van der Waals surface area contributed by atoms with Gasteiger partial charge < -0.3 is 10.2 Å². The van der Waals surface area contributed by atoms with Crippen molar-refractivity contribution in [2.24, 2.45) is 5.92 Å². The summed E-state index contributed by atoms with van der Waals surface area (Å²) in [5.41, 5.74) is 1.32. The molecular formula is C16H29N3S. The molecule has 2 heterocycles. The van der Waals surface area contributed by atoms with Gasteiger partial charge in [-0.2, -0.15) is 0 Å². The predicted molar refractivity (Wildman–Crippen MR) is 88.7 cm³/mol. The van der Waals surface area contributed by atoms with Gasteiger partial charge in [0.05, 0.1) is 5.69 Å². The van der Waals surface area contributed by atoms with Crippen molar-refractivity contribution in [2.75, 3.05) is 24.5 Å². The van der Waals surface area contributed by atoms with Gasteiger partial charge in [-0.15, -0.1) is 11.3 Å². The van der Waals surface area contributed by atoms with E-state index in [0.717, 1.165) is 25.4 Å². The van der Waals surface area contributed by atoms with Crippen molar-refractivity contribution in [2.45, 2.75) is 59.4 Å². The van der Waals surface area contributed by atoms with Gasteiger partial charge in [-0.1, -0.05) is 27.2 Å². The van der Waals surface area contributed by atoms with Gasteiger partial charge in [0.25, 0.3) is 0 Å². The minimum atomic E-state index is 0.872. The van der Waals surface area contributed by atoms with Gasteiger partial charge in [0.15, 0.2) is 5.13 Å². The number of aromatic nitrogens is 1. The van der Waals surface area contributed by atoms with Gasteiger partial charge in [0, 0.05) is 24.5 Å². The minimum Gasteiger partial charge on any atom is -0.348 e. The van der Waals surface area contributed by atoms with Gasteiger partial charge in [-0.05, 0) is 38.1 Å². The molecule has 1 aromatic heterocycles. The van der Waals surface area contributed by atoms with E-state index in [0.29, 0.717) is 0 Å². The van der Waals surface area contributed by atoms with Gasteiger partial charge in [-0.3, -0.25) is 0 Å². The Balaban J connectivity index is 2.09. The van der Waals surface area contributed by atoms with Gasteiger partial charge in [-0.25, -0.2) is 4.98 Å². The summed E-state index contributed by atoms with van der Waals surface area (Å²) >= 11 is 1.91. The Kier molecular flexibility index (Phi) is 6.30. The summed E-state index contributed by atoms with van der Waals surface area (Å²) < 4.78 is 0. The van der Waals surface area contributed by atoms with Crippen molar-refractivity contribution in [1.29, 1.82) is 0 Å². The predicted octanol–water partition coefficient (Wildman–Crippen LogP) is 3.83. The normalized spacial score (nSPS) is 20.1. The topological polar surface area (TPSA) is 28.2 Å². The van der Waals surface area contributed by atoms with Gasteiger partial charge in [0.1, 0.15) is 0 Å². The quantitative estimate of drug-likeness (QED) is 0.864. The molecule has 1 saturated heterocycles. The summed E-state index contributed by atoms with van der Waals surface area (Å²) in [5.74, 6) is 0.872. The van der Waals surface area contributed by atoms with Crippen LogP contribution in [0.5, 0.6) is 0 Å². The molecule has 1 aromatic rings. The maximum atomic E-state index is 4.95. The number of thiazole rings is 1. The lowest BCUT2D eigenvalue weighted by molar-refractivity contribution is 0.521. The summed E-state index contributed by atoms with van der Waals surface area (Å²) in [4.78, 5) is 8.91. The number of rotatable bonds is 6. The third-order valence-corrected chi connectivity index (χ3v) is 5.24. The van der Waals surface area contributed by atoms with Crippen molar-refractivity contribution in [3.63, 3.8) is 0 Å². The summed E-state index contributed by atoms with van der Waals surface area (Å²) in [6.45, 7) is 11.2. The van der Waals surface area contributed by atoms with Crippen LogP contribution in [-0.2, 0) is 13.0 Å². The van der Waals surface area contributed by atoms with Crippen molar-refractivity contribution < 1.29 is 0 Å². The maximum absolute atomic E-state index is 4.95. The molecule has 1 aliphatic rings. The molecule has 1 fully saturated rings. The third-order valence-electron chi connectivity index (χ3n) is 4.08. The van der Waals surface area contributed by atoms with Crippen LogP contribution in [0.2, 0.25) is 0 Å². The molecule has 20 heavy (non-hydrogen) atoms. The Bertz CT molecular complexity index is 402. The van der Waals surface area contributed by atoms with Crippen molar-refractivity contribution in [3.05, 3.63) is 10.6 Å². The van der Waals surface area contributed by atoms with E-state index < -0.39 is 0 Å². The number of anilines is 1. The molecule has 0 aliphatic carbocycles. The van der Waals surface area contributed by atoms with E-state index in [1.165, 1.54) is 54.5 Å². The second kappa shape index (κ2) is 7.99. The van der Waals surface area contributed by atoms with Crippen LogP contribution in [0.3, 0.4) is 0 Å². The lowest BCUT2D eigenvalue weighted by Crippen LogP contribution is -2.23. The van der Waals surface area contributed by atoms with Crippen LogP contribution in [-0.4, -0.2) is 24.6 Å². The van der Waals surface area contributed by atoms with Crippen LogP contribution in [0.4, 0.5) is 5.13 Å². The number of hydrogen-bond donors (Lipinski definition) is 1. The summed E-state index contributed by atoms with van der Waals surface area (Å²) in [5, 5.41) is 4.71. The summed E-state index contributed by atoms with van der Waals surface area (Å²) in [6.07, 6.45) is 6.28. The highest BCUT2D eigenvalue weighted by molar-refractivity contribution is 7.15. The molecule has 2 rings (SSSR count). The average Bonchev–Trinajstić information content (AvgIpc) is 2.70. The van der Waals surface area contributed by atoms with Gasteiger partial charge in [0.2, 0.25) is 0 Å². The molecule has 0 amide bonds. The van der Waals surface area contributed by atoms with E-state index in [1.807, 2.05) is 11.3 Å². The van der Waals surface area contributed by atoms with E-state index in [2.05, 4.69) is 31.0 Å². The molecule has 4 heteroatoms. The SMILES string of the molecule is CCCc1nc(N2CCCC(C)CC2)sc1CNCC. The molecule has 1 unspecified atom stereocenters. The fourth-order valence-corrected chi connectivity index (χ4v) is 3.90. The lowest BCUT2D eigenvalue weighted by Gasteiger charge is -2.18. The largest absolute Gasteiger partial charge is 0.348 e. The highest BCUT2D eigenvalue weighted by atomic mass is 32.1. The number of nitrogens with zero attached hydrogens (tertiary/aromatic N) is 2. The van der Waals surface area contributed by atoms with Crippen LogP contribution in [0.15, 0.2) is 0 Å². The number of nitrogens with one attached hydrogen (secondary N) is 1. The second-order valence-corrected chi connectivity index (χ2v) is 6.98. The fourth-order valence-electron chi connectivity index (χ4n) is 2.77. The molecular weight excluding hydrogens is 266 g/mol. The fraction of sp³-hybridized carbons (Fsp3) is 0.812. The van der Waals surface area contributed by atoms with E-state index >= 15 is 0 Å². The first kappa shape index (κ1) is 15.8. The molecule has 0 aromatic carbocycles. The maximum Gasteiger partial charge on any atom is 0.185 e. The molecule has 0 bridgehead atoms. The standard InChI is InChI=1S/C16H29N3S/c1-4-7-14-15(12-17-5-2)20-16(18-14)19-10-6-8-13(3)9-11-19/h13,17H,4-12H2,1-3H3. The minimum absolute atomic E-state index is 0.872. The van der Waals surface area contributed by atoms with E-state index in [-0.39, 0.29) is 0 Å². The van der Waals surface area contributed by atoms with Crippen molar-refractivity contribution in [1.82, 2.24) is 10.3 Å². The van der Waals surface area contributed by atoms with Gasteiger partial charge >= 0.3 is 0 Å². The Morgan fingerprint density at radius 3 is 2.90 bits per heavy atom. The number of aryl methyl sites for hydroxylation is 1. The Morgan fingerprint density at radius 1 is 1.30 bits per heavy atom. The zero-order chi connectivity index (χ0) is 14.4. The zero-order valence-corrected chi connectivity index (χ0v) is 14.1. The highest BCUT2D eigenvalue weighted by Gasteiger charge is 2.19. The monoisotopic (exact) mass is 295 g/mol. The smallest absolute Gasteiger partial charge is 0.185 e. The first-order valence-electron chi connectivity index (χ1n) is 8.18. The van der Waals surface area contributed by atoms with Crippen molar-refractivity contribution >= 4 is 16.5 Å². The molecule has 0 saturated carbocycles. The van der Waals surface area contributed by atoms with E-state index in [9.17, 15) is 0 Å². The second-order valence-electron chi connectivity index (χ2n) is 5.92. The molecule has 3 nitrogen and oxygen atoms in total. The molecule has 114 valence electrons. The average molecular weight is 295 g/mol. The first-order valence-corrected chi connectivity index (χ1v) is 9.00.